The zero-order chi connectivity index (χ0) is 13.5. The van der Waals surface area contributed by atoms with E-state index >= 15 is 0 Å². The van der Waals surface area contributed by atoms with Crippen molar-refractivity contribution in [1.29, 1.82) is 0 Å². The molecule has 0 aromatic heterocycles. The van der Waals surface area contributed by atoms with E-state index in [1.165, 1.54) is 12.1 Å². The molecule has 1 unspecified atom stereocenters. The van der Waals surface area contributed by atoms with Crippen LogP contribution in [0.15, 0.2) is 29.4 Å². The number of hydrogen-bond acceptors (Lipinski definition) is 4. The Morgan fingerprint density at radius 2 is 2.17 bits per heavy atom. The highest BCUT2D eigenvalue weighted by molar-refractivity contribution is 5.98. The standard InChI is InChI=1S/C11H11N3O4/c12-14-13-6-7-2-1-3-8(4-7)9(15)5-10(16)11(17)18/h1-4,10,16H,5-6H2,(H,17,18). The van der Waals surface area contributed by atoms with Gasteiger partial charge in [-0.2, -0.15) is 0 Å². The van der Waals surface area contributed by atoms with Gasteiger partial charge in [-0.25, -0.2) is 4.79 Å². The molecule has 0 saturated carbocycles. The third-order valence-corrected chi connectivity index (χ3v) is 2.23. The van der Waals surface area contributed by atoms with E-state index in [0.29, 0.717) is 5.56 Å². The molecule has 0 radical (unpaired) electrons. The van der Waals surface area contributed by atoms with E-state index in [1.54, 1.807) is 12.1 Å². The molecule has 0 bridgehead atoms. The predicted molar refractivity (Wildman–Crippen MR) is 61.9 cm³/mol. The molecule has 94 valence electrons. The lowest BCUT2D eigenvalue weighted by Crippen LogP contribution is -2.23. The van der Waals surface area contributed by atoms with Crippen LogP contribution in [-0.4, -0.2) is 28.1 Å². The topological polar surface area (TPSA) is 123 Å². The summed E-state index contributed by atoms with van der Waals surface area (Å²) in [6, 6.07) is 6.30. The highest BCUT2D eigenvalue weighted by atomic mass is 16.4. The third kappa shape index (κ3) is 3.89. The SMILES string of the molecule is [N-]=[N+]=NCc1cccc(C(=O)CC(O)C(=O)O)c1. The Bertz CT molecular complexity index is 509. The number of aliphatic carboxylic acids is 1. The Kier molecular flexibility index (Phi) is 4.86. The van der Waals surface area contributed by atoms with Gasteiger partial charge in [0.2, 0.25) is 0 Å². The second-order valence-electron chi connectivity index (χ2n) is 3.57. The van der Waals surface area contributed by atoms with Crippen LogP contribution in [0.3, 0.4) is 0 Å². The number of carbonyl (C=O) groups is 2. The molecular weight excluding hydrogens is 238 g/mol. The Labute approximate surface area is 102 Å². The van der Waals surface area contributed by atoms with Crippen LogP contribution in [0.5, 0.6) is 0 Å². The number of azide groups is 1. The van der Waals surface area contributed by atoms with Crippen LogP contribution in [-0.2, 0) is 11.3 Å². The van der Waals surface area contributed by atoms with Crippen molar-refractivity contribution in [2.75, 3.05) is 0 Å². The van der Waals surface area contributed by atoms with E-state index in [-0.39, 0.29) is 12.1 Å². The zero-order valence-corrected chi connectivity index (χ0v) is 9.35. The van der Waals surface area contributed by atoms with Gasteiger partial charge < -0.3 is 10.2 Å². The normalized spacial score (nSPS) is 11.4. The number of benzene rings is 1. The number of hydrogen-bond donors (Lipinski definition) is 2. The fourth-order valence-corrected chi connectivity index (χ4v) is 1.34. The number of aliphatic hydroxyl groups excluding tert-OH is 1. The summed E-state index contributed by atoms with van der Waals surface area (Å²) in [6.45, 7) is 0.110. The molecule has 0 saturated heterocycles. The van der Waals surface area contributed by atoms with Gasteiger partial charge in [-0.3, -0.25) is 4.79 Å². The van der Waals surface area contributed by atoms with Crippen LogP contribution in [0.25, 0.3) is 10.4 Å². The van der Waals surface area contributed by atoms with Crippen LogP contribution < -0.4 is 0 Å². The van der Waals surface area contributed by atoms with Crippen LogP contribution in [0.4, 0.5) is 0 Å². The van der Waals surface area contributed by atoms with Gasteiger partial charge in [0.15, 0.2) is 11.9 Å². The zero-order valence-electron chi connectivity index (χ0n) is 9.35. The minimum absolute atomic E-state index is 0.110. The molecule has 7 heteroatoms. The fourth-order valence-electron chi connectivity index (χ4n) is 1.34. The van der Waals surface area contributed by atoms with E-state index < -0.39 is 24.3 Å². The van der Waals surface area contributed by atoms with E-state index in [2.05, 4.69) is 10.0 Å². The average molecular weight is 249 g/mol. The molecular formula is C11H11N3O4. The summed E-state index contributed by atoms with van der Waals surface area (Å²) >= 11 is 0. The van der Waals surface area contributed by atoms with Crippen molar-refractivity contribution in [3.63, 3.8) is 0 Å². The lowest BCUT2D eigenvalue weighted by Gasteiger charge is -2.05. The first-order valence-corrected chi connectivity index (χ1v) is 5.08. The van der Waals surface area contributed by atoms with Crippen LogP contribution in [0.2, 0.25) is 0 Å². The highest BCUT2D eigenvalue weighted by Gasteiger charge is 2.18. The molecule has 2 N–H and O–H groups in total. The van der Waals surface area contributed by atoms with Crippen LogP contribution >= 0.6 is 0 Å². The number of rotatable bonds is 6. The monoisotopic (exact) mass is 249 g/mol. The van der Waals surface area contributed by atoms with Crippen molar-refractivity contribution < 1.29 is 19.8 Å². The van der Waals surface area contributed by atoms with Gasteiger partial charge in [0, 0.05) is 16.9 Å². The van der Waals surface area contributed by atoms with Crippen molar-refractivity contribution in [3.05, 3.63) is 45.8 Å². The summed E-state index contributed by atoms with van der Waals surface area (Å²) in [6.07, 6.45) is -2.20. The Morgan fingerprint density at radius 3 is 2.78 bits per heavy atom. The van der Waals surface area contributed by atoms with Gasteiger partial charge >= 0.3 is 5.97 Å². The molecule has 1 aromatic carbocycles. The maximum absolute atomic E-state index is 11.7. The molecule has 0 aliphatic heterocycles. The van der Waals surface area contributed by atoms with Gasteiger partial charge in [0.1, 0.15) is 0 Å². The summed E-state index contributed by atoms with van der Waals surface area (Å²) in [5, 5.41) is 20.9. The first kappa shape index (κ1) is 13.7. The molecule has 1 rings (SSSR count). The Hall–Kier alpha value is -2.37. The second kappa shape index (κ2) is 6.39. The largest absolute Gasteiger partial charge is 0.479 e. The Balaban J connectivity index is 2.79. The van der Waals surface area contributed by atoms with E-state index in [0.717, 1.165) is 0 Å². The Morgan fingerprint density at radius 1 is 1.44 bits per heavy atom. The molecule has 0 fully saturated rings. The summed E-state index contributed by atoms with van der Waals surface area (Å²) in [5.74, 6) is -1.92. The third-order valence-electron chi connectivity index (χ3n) is 2.23. The average Bonchev–Trinajstić information content (AvgIpc) is 2.36. The van der Waals surface area contributed by atoms with E-state index in [1.807, 2.05) is 0 Å². The van der Waals surface area contributed by atoms with Gasteiger partial charge in [-0.15, -0.1) is 0 Å². The van der Waals surface area contributed by atoms with Crippen molar-refractivity contribution in [2.24, 2.45) is 5.11 Å². The number of carboxylic acid groups (broad SMARTS) is 1. The molecule has 0 aliphatic rings. The summed E-state index contributed by atoms with van der Waals surface area (Å²) in [5.41, 5.74) is 9.10. The highest BCUT2D eigenvalue weighted by Crippen LogP contribution is 2.10. The summed E-state index contributed by atoms with van der Waals surface area (Å²) in [7, 11) is 0. The van der Waals surface area contributed by atoms with E-state index in [4.69, 9.17) is 15.7 Å². The summed E-state index contributed by atoms with van der Waals surface area (Å²) in [4.78, 5) is 24.7. The maximum atomic E-state index is 11.7. The predicted octanol–water partition coefficient (Wildman–Crippen LogP) is 1.52. The molecule has 0 spiro atoms. The lowest BCUT2D eigenvalue weighted by molar-refractivity contribution is -0.146. The smallest absolute Gasteiger partial charge is 0.332 e. The van der Waals surface area contributed by atoms with Crippen molar-refractivity contribution in [3.8, 4) is 0 Å². The molecule has 0 amide bonds. The minimum atomic E-state index is -1.71. The van der Waals surface area contributed by atoms with E-state index in [9.17, 15) is 9.59 Å². The number of ketones is 1. The number of nitrogens with zero attached hydrogens (tertiary/aromatic N) is 3. The molecule has 0 heterocycles. The van der Waals surface area contributed by atoms with Gasteiger partial charge in [0.25, 0.3) is 0 Å². The maximum Gasteiger partial charge on any atom is 0.332 e. The van der Waals surface area contributed by atoms with Gasteiger partial charge in [0.05, 0.1) is 6.54 Å². The number of carboxylic acids is 1. The minimum Gasteiger partial charge on any atom is -0.479 e. The molecule has 7 nitrogen and oxygen atoms in total. The number of Topliss-reactive ketones (excluding diaryl/α,β-unsaturated/α-hetero) is 1. The first-order chi connectivity index (χ1) is 8.54. The second-order valence-corrected chi connectivity index (χ2v) is 3.57. The van der Waals surface area contributed by atoms with Gasteiger partial charge in [-0.1, -0.05) is 23.3 Å². The molecule has 18 heavy (non-hydrogen) atoms. The lowest BCUT2D eigenvalue weighted by atomic mass is 10.0. The molecule has 0 aliphatic carbocycles. The quantitative estimate of drug-likeness (QED) is 0.343. The first-order valence-electron chi connectivity index (χ1n) is 5.08. The molecule has 1 atom stereocenters. The van der Waals surface area contributed by atoms with Crippen molar-refractivity contribution in [1.82, 2.24) is 0 Å². The number of carbonyl (C=O) groups excluding carboxylic acids is 1. The fraction of sp³-hybridized carbons (Fsp3) is 0.273. The number of aliphatic hydroxyl groups is 1. The van der Waals surface area contributed by atoms with Crippen LogP contribution in [0, 0.1) is 0 Å². The van der Waals surface area contributed by atoms with Gasteiger partial charge in [-0.05, 0) is 17.2 Å². The van der Waals surface area contributed by atoms with Crippen LogP contribution in [0.1, 0.15) is 22.3 Å². The van der Waals surface area contributed by atoms with Crippen molar-refractivity contribution in [2.45, 2.75) is 19.1 Å². The van der Waals surface area contributed by atoms with Crippen molar-refractivity contribution >= 4 is 11.8 Å². The summed E-state index contributed by atoms with van der Waals surface area (Å²) < 4.78 is 0. The molecule has 1 aromatic rings.